The van der Waals surface area contributed by atoms with Gasteiger partial charge in [0, 0.05) is 6.20 Å². The summed E-state index contributed by atoms with van der Waals surface area (Å²) in [5, 5.41) is 9.52. The molecule has 1 aromatic rings. The van der Waals surface area contributed by atoms with Gasteiger partial charge < -0.3 is 14.6 Å². The van der Waals surface area contributed by atoms with Crippen molar-refractivity contribution in [3.8, 4) is 5.88 Å². The van der Waals surface area contributed by atoms with Gasteiger partial charge in [0.25, 0.3) is 5.88 Å². The molecule has 0 fully saturated rings. The standard InChI is InChI=1S/C13H18FNO3/c1-5-17-9(2)10-6-7-15-12(11(10)14)18-8-13(3,4)16/h6-7,16H,2,5,8H2,1,3-4H3. The Morgan fingerprint density at radius 3 is 2.78 bits per heavy atom. The van der Waals surface area contributed by atoms with Gasteiger partial charge in [0.2, 0.25) is 0 Å². The molecule has 0 radical (unpaired) electrons. The van der Waals surface area contributed by atoms with E-state index in [1.54, 1.807) is 20.8 Å². The van der Waals surface area contributed by atoms with Crippen LogP contribution in [0, 0.1) is 5.82 Å². The molecule has 100 valence electrons. The lowest BCUT2D eigenvalue weighted by atomic mass is 10.2. The van der Waals surface area contributed by atoms with Gasteiger partial charge >= 0.3 is 0 Å². The Labute approximate surface area is 106 Å². The average molecular weight is 255 g/mol. The third kappa shape index (κ3) is 4.00. The van der Waals surface area contributed by atoms with Crippen molar-refractivity contribution in [2.75, 3.05) is 13.2 Å². The molecule has 18 heavy (non-hydrogen) atoms. The van der Waals surface area contributed by atoms with Crippen molar-refractivity contribution < 1.29 is 19.0 Å². The molecule has 0 aliphatic heterocycles. The van der Waals surface area contributed by atoms with Crippen molar-refractivity contribution in [3.05, 3.63) is 30.2 Å². The van der Waals surface area contributed by atoms with Crippen LogP contribution >= 0.6 is 0 Å². The Bertz CT molecular complexity index is 427. The van der Waals surface area contributed by atoms with Crippen LogP contribution in [0.4, 0.5) is 4.39 Å². The predicted molar refractivity (Wildman–Crippen MR) is 66.6 cm³/mol. The number of hydrogen-bond acceptors (Lipinski definition) is 4. The van der Waals surface area contributed by atoms with E-state index in [2.05, 4.69) is 11.6 Å². The number of nitrogens with zero attached hydrogens (tertiary/aromatic N) is 1. The Hall–Kier alpha value is -1.62. The molecule has 1 rings (SSSR count). The third-order valence-electron chi connectivity index (χ3n) is 2.04. The van der Waals surface area contributed by atoms with Gasteiger partial charge in [0.15, 0.2) is 5.82 Å². The van der Waals surface area contributed by atoms with Crippen LogP contribution in [0.15, 0.2) is 18.8 Å². The first-order valence-electron chi connectivity index (χ1n) is 5.67. The summed E-state index contributed by atoms with van der Waals surface area (Å²) in [6.07, 6.45) is 1.41. The summed E-state index contributed by atoms with van der Waals surface area (Å²) < 4.78 is 24.3. The lowest BCUT2D eigenvalue weighted by Gasteiger charge is -2.18. The first kappa shape index (κ1) is 14.4. The molecule has 0 aliphatic rings. The highest BCUT2D eigenvalue weighted by Crippen LogP contribution is 2.24. The quantitative estimate of drug-likeness (QED) is 0.793. The molecule has 4 nitrogen and oxygen atoms in total. The van der Waals surface area contributed by atoms with Crippen molar-refractivity contribution >= 4 is 5.76 Å². The average Bonchev–Trinajstić information content (AvgIpc) is 2.26. The summed E-state index contributed by atoms with van der Waals surface area (Å²) in [7, 11) is 0. The van der Waals surface area contributed by atoms with E-state index in [1.165, 1.54) is 12.3 Å². The van der Waals surface area contributed by atoms with Crippen LogP contribution in [-0.4, -0.2) is 28.9 Å². The third-order valence-corrected chi connectivity index (χ3v) is 2.04. The summed E-state index contributed by atoms with van der Waals surface area (Å²) >= 11 is 0. The number of halogens is 1. The van der Waals surface area contributed by atoms with Gasteiger partial charge in [0.1, 0.15) is 12.4 Å². The maximum absolute atomic E-state index is 14.0. The van der Waals surface area contributed by atoms with Crippen molar-refractivity contribution in [3.63, 3.8) is 0 Å². The van der Waals surface area contributed by atoms with E-state index in [-0.39, 0.29) is 23.8 Å². The van der Waals surface area contributed by atoms with Crippen LogP contribution in [0.1, 0.15) is 26.3 Å². The van der Waals surface area contributed by atoms with E-state index < -0.39 is 11.4 Å². The second-order valence-electron chi connectivity index (χ2n) is 4.43. The highest BCUT2D eigenvalue weighted by Gasteiger charge is 2.18. The number of pyridine rings is 1. The fourth-order valence-corrected chi connectivity index (χ4v) is 1.24. The molecule has 0 bridgehead atoms. The molecule has 0 atom stereocenters. The van der Waals surface area contributed by atoms with Gasteiger partial charge in [-0.15, -0.1) is 0 Å². The first-order valence-corrected chi connectivity index (χ1v) is 5.67. The van der Waals surface area contributed by atoms with E-state index in [1.807, 2.05) is 0 Å². The lowest BCUT2D eigenvalue weighted by Crippen LogP contribution is -2.28. The number of aliphatic hydroxyl groups is 1. The van der Waals surface area contributed by atoms with Crippen LogP contribution in [0.25, 0.3) is 5.76 Å². The first-order chi connectivity index (χ1) is 8.35. The minimum atomic E-state index is -1.05. The zero-order chi connectivity index (χ0) is 13.8. The molecule has 5 heteroatoms. The largest absolute Gasteiger partial charge is 0.494 e. The zero-order valence-corrected chi connectivity index (χ0v) is 10.9. The molecular formula is C13H18FNO3. The number of rotatable bonds is 6. The van der Waals surface area contributed by atoms with E-state index in [9.17, 15) is 9.50 Å². The highest BCUT2D eigenvalue weighted by atomic mass is 19.1. The Morgan fingerprint density at radius 1 is 1.56 bits per heavy atom. The van der Waals surface area contributed by atoms with Crippen LogP contribution in [0.3, 0.4) is 0 Å². The second-order valence-corrected chi connectivity index (χ2v) is 4.43. The minimum Gasteiger partial charge on any atom is -0.494 e. The van der Waals surface area contributed by atoms with Gasteiger partial charge in [-0.25, -0.2) is 9.37 Å². The molecule has 0 aromatic carbocycles. The molecule has 0 spiro atoms. The highest BCUT2D eigenvalue weighted by molar-refractivity contribution is 5.58. The normalized spacial score (nSPS) is 11.2. The smallest absolute Gasteiger partial charge is 0.251 e. The van der Waals surface area contributed by atoms with Crippen LogP contribution in [0.5, 0.6) is 5.88 Å². The van der Waals surface area contributed by atoms with Crippen molar-refractivity contribution in [1.29, 1.82) is 0 Å². The molecule has 0 aliphatic carbocycles. The molecule has 0 unspecified atom stereocenters. The van der Waals surface area contributed by atoms with Gasteiger partial charge in [-0.2, -0.15) is 0 Å². The predicted octanol–water partition coefficient (Wildman–Crippen LogP) is 2.38. The maximum Gasteiger partial charge on any atom is 0.251 e. The summed E-state index contributed by atoms with van der Waals surface area (Å²) in [6, 6.07) is 1.46. The van der Waals surface area contributed by atoms with Crippen molar-refractivity contribution in [2.45, 2.75) is 26.4 Å². The maximum atomic E-state index is 14.0. The summed E-state index contributed by atoms with van der Waals surface area (Å²) in [5.41, 5.74) is -0.848. The van der Waals surface area contributed by atoms with Crippen molar-refractivity contribution in [1.82, 2.24) is 4.98 Å². The molecule has 1 N–H and O–H groups in total. The van der Waals surface area contributed by atoms with Gasteiger partial charge in [0.05, 0.1) is 17.8 Å². The fraction of sp³-hybridized carbons (Fsp3) is 0.462. The van der Waals surface area contributed by atoms with E-state index in [0.29, 0.717) is 6.61 Å². The van der Waals surface area contributed by atoms with Gasteiger partial charge in [-0.05, 0) is 26.8 Å². The van der Waals surface area contributed by atoms with Gasteiger partial charge in [-0.3, -0.25) is 0 Å². The molecular weight excluding hydrogens is 237 g/mol. The number of hydrogen-bond donors (Lipinski definition) is 1. The topological polar surface area (TPSA) is 51.6 Å². The number of ether oxygens (including phenoxy) is 2. The van der Waals surface area contributed by atoms with E-state index in [4.69, 9.17) is 9.47 Å². The Kier molecular flexibility index (Phi) is 4.67. The molecule has 0 saturated carbocycles. The molecule has 1 aromatic heterocycles. The summed E-state index contributed by atoms with van der Waals surface area (Å²) in [6.45, 7) is 8.89. The molecule has 0 saturated heterocycles. The number of aromatic nitrogens is 1. The Balaban J connectivity index is 2.88. The van der Waals surface area contributed by atoms with Crippen LogP contribution < -0.4 is 4.74 Å². The fourth-order valence-electron chi connectivity index (χ4n) is 1.24. The SMILES string of the molecule is C=C(OCC)c1ccnc(OCC(C)(C)O)c1F. The van der Waals surface area contributed by atoms with Crippen LogP contribution in [-0.2, 0) is 4.74 Å². The van der Waals surface area contributed by atoms with E-state index >= 15 is 0 Å². The molecule has 0 amide bonds. The Morgan fingerprint density at radius 2 is 2.22 bits per heavy atom. The summed E-state index contributed by atoms with van der Waals surface area (Å²) in [4.78, 5) is 3.78. The lowest BCUT2D eigenvalue weighted by molar-refractivity contribution is 0.0253. The van der Waals surface area contributed by atoms with Crippen molar-refractivity contribution in [2.24, 2.45) is 0 Å². The molecule has 1 heterocycles. The second kappa shape index (κ2) is 5.82. The van der Waals surface area contributed by atoms with Gasteiger partial charge in [-0.1, -0.05) is 6.58 Å². The summed E-state index contributed by atoms with van der Waals surface area (Å²) in [5.74, 6) is -0.582. The monoisotopic (exact) mass is 255 g/mol. The zero-order valence-electron chi connectivity index (χ0n) is 10.9. The van der Waals surface area contributed by atoms with Crippen LogP contribution in [0.2, 0.25) is 0 Å². The van der Waals surface area contributed by atoms with E-state index in [0.717, 1.165) is 0 Å². The minimum absolute atomic E-state index is 0.0541.